The topological polar surface area (TPSA) is 76.1 Å². The van der Waals surface area contributed by atoms with E-state index in [-0.39, 0.29) is 6.03 Å². The molecule has 0 aliphatic heterocycles. The highest BCUT2D eigenvalue weighted by atomic mass is 16.5. The van der Waals surface area contributed by atoms with Crippen molar-refractivity contribution in [1.82, 2.24) is 20.6 Å². The maximum Gasteiger partial charge on any atom is 0.315 e. The van der Waals surface area contributed by atoms with Gasteiger partial charge in [0.2, 0.25) is 0 Å². The second-order valence-corrected chi connectivity index (χ2v) is 5.68. The van der Waals surface area contributed by atoms with Gasteiger partial charge in [-0.1, -0.05) is 12.1 Å². The van der Waals surface area contributed by atoms with Crippen molar-refractivity contribution in [2.75, 3.05) is 7.11 Å². The van der Waals surface area contributed by atoms with Crippen LogP contribution in [0.1, 0.15) is 11.1 Å². The van der Waals surface area contributed by atoms with Gasteiger partial charge in [0.1, 0.15) is 5.75 Å². The smallest absolute Gasteiger partial charge is 0.315 e. The SMILES string of the molecule is COc1ccc(CNC(=O)NCc2ccnc(-c3cccnc3)c2)cc1. The second kappa shape index (κ2) is 8.62. The highest BCUT2D eigenvalue weighted by Crippen LogP contribution is 2.16. The van der Waals surface area contributed by atoms with E-state index in [2.05, 4.69) is 20.6 Å². The Morgan fingerprint density at radius 3 is 2.46 bits per heavy atom. The van der Waals surface area contributed by atoms with Crippen LogP contribution in [0, 0.1) is 0 Å². The van der Waals surface area contributed by atoms with Crippen molar-refractivity contribution in [3.05, 3.63) is 78.2 Å². The van der Waals surface area contributed by atoms with Gasteiger partial charge in [0.05, 0.1) is 12.8 Å². The summed E-state index contributed by atoms with van der Waals surface area (Å²) in [7, 11) is 1.62. The number of amides is 2. The molecule has 26 heavy (non-hydrogen) atoms. The van der Waals surface area contributed by atoms with Crippen LogP contribution in [0.4, 0.5) is 4.79 Å². The maximum absolute atomic E-state index is 12.0. The lowest BCUT2D eigenvalue weighted by atomic mass is 10.1. The molecule has 0 radical (unpaired) electrons. The van der Waals surface area contributed by atoms with Crippen LogP contribution < -0.4 is 15.4 Å². The summed E-state index contributed by atoms with van der Waals surface area (Å²) in [6, 6.07) is 15.0. The zero-order valence-electron chi connectivity index (χ0n) is 14.5. The fourth-order valence-corrected chi connectivity index (χ4v) is 2.43. The Labute approximate surface area is 152 Å². The number of pyridine rings is 2. The number of ether oxygens (including phenoxy) is 1. The predicted octanol–water partition coefficient (Wildman–Crippen LogP) is 3.15. The van der Waals surface area contributed by atoms with Crippen LogP contribution in [0.3, 0.4) is 0 Å². The monoisotopic (exact) mass is 348 g/mol. The molecule has 2 heterocycles. The van der Waals surface area contributed by atoms with E-state index in [0.29, 0.717) is 13.1 Å². The molecule has 0 bridgehead atoms. The number of rotatable bonds is 6. The highest BCUT2D eigenvalue weighted by Gasteiger charge is 2.04. The van der Waals surface area contributed by atoms with Gasteiger partial charge in [-0.25, -0.2) is 4.79 Å². The Hall–Kier alpha value is -3.41. The van der Waals surface area contributed by atoms with Crippen molar-refractivity contribution >= 4 is 6.03 Å². The van der Waals surface area contributed by atoms with Gasteiger partial charge in [-0.15, -0.1) is 0 Å². The van der Waals surface area contributed by atoms with Crippen LogP contribution in [0.5, 0.6) is 5.75 Å². The van der Waals surface area contributed by atoms with E-state index < -0.39 is 0 Å². The fourth-order valence-electron chi connectivity index (χ4n) is 2.43. The number of benzene rings is 1. The summed E-state index contributed by atoms with van der Waals surface area (Å²) < 4.78 is 5.12. The van der Waals surface area contributed by atoms with Crippen molar-refractivity contribution < 1.29 is 9.53 Å². The summed E-state index contributed by atoms with van der Waals surface area (Å²) in [6.45, 7) is 0.872. The first-order valence-corrected chi connectivity index (χ1v) is 8.24. The average molecular weight is 348 g/mol. The number of aromatic nitrogens is 2. The van der Waals surface area contributed by atoms with Crippen molar-refractivity contribution in [2.45, 2.75) is 13.1 Å². The second-order valence-electron chi connectivity index (χ2n) is 5.68. The molecule has 0 aliphatic carbocycles. The van der Waals surface area contributed by atoms with E-state index >= 15 is 0 Å². The van der Waals surface area contributed by atoms with Gasteiger partial charge in [0.15, 0.2) is 0 Å². The van der Waals surface area contributed by atoms with Crippen LogP contribution >= 0.6 is 0 Å². The summed E-state index contributed by atoms with van der Waals surface area (Å²) >= 11 is 0. The number of urea groups is 1. The molecule has 0 spiro atoms. The summed E-state index contributed by atoms with van der Waals surface area (Å²) in [5, 5.41) is 5.69. The fraction of sp³-hybridized carbons (Fsp3) is 0.150. The molecule has 0 fully saturated rings. The minimum absolute atomic E-state index is 0.222. The van der Waals surface area contributed by atoms with Crippen LogP contribution in [0.15, 0.2) is 67.1 Å². The van der Waals surface area contributed by atoms with E-state index in [1.807, 2.05) is 48.5 Å². The minimum atomic E-state index is -0.222. The lowest BCUT2D eigenvalue weighted by Gasteiger charge is -2.09. The molecular weight excluding hydrogens is 328 g/mol. The standard InChI is InChI=1S/C20H20N4O2/c1-26-18-6-4-15(5-7-18)12-23-20(25)24-13-16-8-10-22-19(11-16)17-3-2-9-21-14-17/h2-11,14H,12-13H2,1H3,(H2,23,24,25). The van der Waals surface area contributed by atoms with E-state index in [1.165, 1.54) is 0 Å². The summed E-state index contributed by atoms with van der Waals surface area (Å²) in [5.41, 5.74) is 3.75. The molecule has 2 amide bonds. The average Bonchev–Trinajstić information content (AvgIpc) is 2.72. The molecule has 6 heteroatoms. The first-order chi connectivity index (χ1) is 12.7. The molecule has 3 rings (SSSR count). The van der Waals surface area contributed by atoms with Gasteiger partial charge in [0, 0.05) is 37.2 Å². The van der Waals surface area contributed by atoms with Crippen molar-refractivity contribution in [1.29, 1.82) is 0 Å². The quantitative estimate of drug-likeness (QED) is 0.717. The van der Waals surface area contributed by atoms with Gasteiger partial charge in [-0.05, 0) is 47.5 Å². The first kappa shape index (κ1) is 17.4. The van der Waals surface area contributed by atoms with Gasteiger partial charge in [-0.3, -0.25) is 9.97 Å². The summed E-state index contributed by atoms with van der Waals surface area (Å²) in [5.74, 6) is 0.792. The molecule has 2 N–H and O–H groups in total. The van der Waals surface area contributed by atoms with Gasteiger partial charge < -0.3 is 15.4 Å². The lowest BCUT2D eigenvalue weighted by molar-refractivity contribution is 0.240. The molecule has 0 aliphatic rings. The third-order valence-corrected chi connectivity index (χ3v) is 3.85. The Bertz CT molecular complexity index is 851. The molecule has 6 nitrogen and oxygen atoms in total. The number of hydrogen-bond acceptors (Lipinski definition) is 4. The number of carbonyl (C=O) groups excluding carboxylic acids is 1. The van der Waals surface area contributed by atoms with Crippen LogP contribution in [0.25, 0.3) is 11.3 Å². The minimum Gasteiger partial charge on any atom is -0.497 e. The lowest BCUT2D eigenvalue weighted by Crippen LogP contribution is -2.34. The van der Waals surface area contributed by atoms with Gasteiger partial charge >= 0.3 is 6.03 Å². The van der Waals surface area contributed by atoms with Crippen LogP contribution in [-0.4, -0.2) is 23.1 Å². The number of hydrogen-bond donors (Lipinski definition) is 2. The van der Waals surface area contributed by atoms with Crippen molar-refractivity contribution in [2.24, 2.45) is 0 Å². The van der Waals surface area contributed by atoms with Crippen molar-refractivity contribution in [3.8, 4) is 17.0 Å². The molecule has 3 aromatic rings. The van der Waals surface area contributed by atoms with E-state index in [0.717, 1.165) is 28.1 Å². The van der Waals surface area contributed by atoms with Gasteiger partial charge in [-0.2, -0.15) is 0 Å². The first-order valence-electron chi connectivity index (χ1n) is 8.24. The highest BCUT2D eigenvalue weighted by molar-refractivity contribution is 5.73. The molecule has 0 saturated heterocycles. The molecule has 0 saturated carbocycles. The normalized spacial score (nSPS) is 10.2. The third kappa shape index (κ3) is 4.80. The number of carbonyl (C=O) groups is 1. The molecule has 2 aromatic heterocycles. The Balaban J connectivity index is 1.51. The summed E-state index contributed by atoms with van der Waals surface area (Å²) in [4.78, 5) is 20.4. The van der Waals surface area contributed by atoms with E-state index in [9.17, 15) is 4.79 Å². The molecule has 1 aromatic carbocycles. The molecule has 0 atom stereocenters. The molecule has 0 unspecified atom stereocenters. The Morgan fingerprint density at radius 2 is 1.77 bits per heavy atom. The maximum atomic E-state index is 12.0. The van der Waals surface area contributed by atoms with E-state index in [4.69, 9.17) is 4.74 Å². The molecule has 132 valence electrons. The van der Waals surface area contributed by atoms with E-state index in [1.54, 1.807) is 25.7 Å². The zero-order valence-corrected chi connectivity index (χ0v) is 14.5. The summed E-state index contributed by atoms with van der Waals surface area (Å²) in [6.07, 6.45) is 5.22. The zero-order chi connectivity index (χ0) is 18.2. The van der Waals surface area contributed by atoms with Gasteiger partial charge in [0.25, 0.3) is 0 Å². The number of nitrogens with zero attached hydrogens (tertiary/aromatic N) is 2. The van der Waals surface area contributed by atoms with Crippen LogP contribution in [-0.2, 0) is 13.1 Å². The third-order valence-electron chi connectivity index (χ3n) is 3.85. The van der Waals surface area contributed by atoms with Crippen LogP contribution in [0.2, 0.25) is 0 Å². The number of methoxy groups -OCH3 is 1. The predicted molar refractivity (Wildman–Crippen MR) is 99.5 cm³/mol. The number of nitrogens with one attached hydrogen (secondary N) is 2. The molecular formula is C20H20N4O2. The Morgan fingerprint density at radius 1 is 1.00 bits per heavy atom. The Kier molecular flexibility index (Phi) is 5.77. The largest absolute Gasteiger partial charge is 0.497 e. The van der Waals surface area contributed by atoms with Crippen molar-refractivity contribution in [3.63, 3.8) is 0 Å².